The first kappa shape index (κ1) is 23.0. The van der Waals surface area contributed by atoms with Crippen molar-refractivity contribution in [2.75, 3.05) is 20.3 Å². The van der Waals surface area contributed by atoms with Gasteiger partial charge in [-0.15, -0.1) is 0 Å². The Morgan fingerprint density at radius 3 is 2.64 bits per heavy atom. The summed E-state index contributed by atoms with van der Waals surface area (Å²) >= 11 is 0. The van der Waals surface area contributed by atoms with Crippen molar-refractivity contribution in [3.05, 3.63) is 70.5 Å². The van der Waals surface area contributed by atoms with Gasteiger partial charge in [0.25, 0.3) is 11.7 Å². The summed E-state index contributed by atoms with van der Waals surface area (Å²) in [6, 6.07) is 10.1. The van der Waals surface area contributed by atoms with E-state index < -0.39 is 23.5 Å². The third-order valence-corrected chi connectivity index (χ3v) is 6.29. The van der Waals surface area contributed by atoms with Gasteiger partial charge in [0.2, 0.25) is 0 Å². The Bertz CT molecular complexity index is 1100. The summed E-state index contributed by atoms with van der Waals surface area (Å²) in [5.74, 6) is -1.73. The minimum absolute atomic E-state index is 0.0944. The van der Waals surface area contributed by atoms with E-state index in [-0.39, 0.29) is 35.5 Å². The molecule has 6 nitrogen and oxygen atoms in total. The maximum atomic E-state index is 14.9. The average Bonchev–Trinajstić information content (AvgIpc) is 3.41. The van der Waals surface area contributed by atoms with E-state index in [2.05, 4.69) is 0 Å². The Morgan fingerprint density at radius 1 is 1.24 bits per heavy atom. The number of carbonyl (C=O) groups excluding carboxylic acids is 2. The number of hydrogen-bond acceptors (Lipinski definition) is 5. The number of ketones is 1. The molecule has 0 saturated carbocycles. The first-order valence-corrected chi connectivity index (χ1v) is 11.2. The molecule has 0 radical (unpaired) electrons. The fraction of sp³-hybridized carbons (Fsp3) is 0.385. The van der Waals surface area contributed by atoms with Crippen LogP contribution < -0.4 is 4.74 Å². The monoisotopic (exact) mass is 453 g/mol. The van der Waals surface area contributed by atoms with Gasteiger partial charge in [0.1, 0.15) is 17.3 Å². The SMILES string of the molecule is COc1ccc(/C(O)=C2\C(=O)C(=O)N(CC3CCCO3)C2c2ccccc2F)cc1C(C)C. The number of aliphatic hydroxyl groups is 1. The molecule has 0 spiro atoms. The van der Waals surface area contributed by atoms with Gasteiger partial charge in [-0.2, -0.15) is 0 Å². The first-order chi connectivity index (χ1) is 15.8. The highest BCUT2D eigenvalue weighted by Gasteiger charge is 2.47. The van der Waals surface area contributed by atoms with E-state index in [4.69, 9.17) is 9.47 Å². The molecular weight excluding hydrogens is 425 g/mol. The number of ether oxygens (including phenoxy) is 2. The van der Waals surface area contributed by atoms with Crippen molar-refractivity contribution in [1.29, 1.82) is 0 Å². The van der Waals surface area contributed by atoms with E-state index in [1.165, 1.54) is 17.0 Å². The number of aliphatic hydroxyl groups excluding tert-OH is 1. The van der Waals surface area contributed by atoms with E-state index in [0.717, 1.165) is 18.4 Å². The molecule has 0 aliphatic carbocycles. The standard InChI is InChI=1S/C26H28FNO5/c1-15(2)19-13-16(10-11-21(19)32-3)24(29)22-23(18-8-4-5-9-20(18)27)28(26(31)25(22)30)14-17-7-6-12-33-17/h4-5,8-11,13,15,17,23,29H,6-7,12,14H2,1-3H3/b24-22+. The maximum absolute atomic E-state index is 14.9. The number of methoxy groups -OCH3 is 1. The number of amides is 1. The zero-order valence-electron chi connectivity index (χ0n) is 19.0. The van der Waals surface area contributed by atoms with E-state index in [1.807, 2.05) is 13.8 Å². The van der Waals surface area contributed by atoms with Crippen LogP contribution in [0, 0.1) is 5.82 Å². The minimum atomic E-state index is -1.04. The number of Topliss-reactive ketones (excluding diaryl/α,β-unsaturated/α-hetero) is 1. The predicted octanol–water partition coefficient (Wildman–Crippen LogP) is 4.56. The Labute approximate surface area is 192 Å². The van der Waals surface area contributed by atoms with Crippen molar-refractivity contribution in [2.45, 2.75) is 44.8 Å². The van der Waals surface area contributed by atoms with Crippen molar-refractivity contribution in [2.24, 2.45) is 0 Å². The molecule has 2 unspecified atom stereocenters. The van der Waals surface area contributed by atoms with Crippen LogP contribution in [0.5, 0.6) is 5.75 Å². The maximum Gasteiger partial charge on any atom is 0.295 e. The van der Waals surface area contributed by atoms with Gasteiger partial charge in [0.05, 0.1) is 24.8 Å². The molecule has 7 heteroatoms. The second kappa shape index (κ2) is 9.35. The summed E-state index contributed by atoms with van der Waals surface area (Å²) in [4.78, 5) is 27.5. The number of nitrogens with zero attached hydrogens (tertiary/aromatic N) is 1. The van der Waals surface area contributed by atoms with Gasteiger partial charge in [-0.05, 0) is 48.6 Å². The molecular formula is C26H28FNO5. The number of benzene rings is 2. The highest BCUT2D eigenvalue weighted by atomic mass is 19.1. The Kier molecular flexibility index (Phi) is 6.51. The minimum Gasteiger partial charge on any atom is -0.507 e. The smallest absolute Gasteiger partial charge is 0.295 e. The normalized spacial score (nSPS) is 22.4. The second-order valence-corrected chi connectivity index (χ2v) is 8.72. The Morgan fingerprint density at radius 2 is 2.00 bits per heavy atom. The summed E-state index contributed by atoms with van der Waals surface area (Å²) in [5.41, 5.74) is 1.25. The number of carbonyl (C=O) groups is 2. The van der Waals surface area contributed by atoms with Gasteiger partial charge < -0.3 is 19.5 Å². The van der Waals surface area contributed by atoms with Crippen molar-refractivity contribution >= 4 is 17.4 Å². The van der Waals surface area contributed by atoms with E-state index in [1.54, 1.807) is 37.4 Å². The average molecular weight is 454 g/mol. The van der Waals surface area contributed by atoms with Crippen LogP contribution in [0.15, 0.2) is 48.0 Å². The van der Waals surface area contributed by atoms with E-state index >= 15 is 0 Å². The molecule has 2 heterocycles. The highest BCUT2D eigenvalue weighted by molar-refractivity contribution is 6.46. The molecule has 2 saturated heterocycles. The zero-order chi connectivity index (χ0) is 23.7. The summed E-state index contributed by atoms with van der Waals surface area (Å²) in [6.07, 6.45) is 1.39. The fourth-order valence-electron chi connectivity index (χ4n) is 4.58. The molecule has 0 aromatic heterocycles. The van der Waals surface area contributed by atoms with Crippen LogP contribution in [0.1, 0.15) is 55.3 Å². The molecule has 1 N–H and O–H groups in total. The van der Waals surface area contributed by atoms with Gasteiger partial charge in [0, 0.05) is 24.3 Å². The molecule has 2 aromatic carbocycles. The van der Waals surface area contributed by atoms with Crippen LogP contribution in [0.2, 0.25) is 0 Å². The lowest BCUT2D eigenvalue weighted by Crippen LogP contribution is -2.36. The van der Waals surface area contributed by atoms with Crippen molar-refractivity contribution in [3.63, 3.8) is 0 Å². The lowest BCUT2D eigenvalue weighted by Gasteiger charge is -2.27. The largest absolute Gasteiger partial charge is 0.507 e. The number of likely N-dealkylation sites (tertiary alicyclic amines) is 1. The van der Waals surface area contributed by atoms with Crippen molar-refractivity contribution < 1.29 is 28.6 Å². The number of halogens is 1. The topological polar surface area (TPSA) is 76.1 Å². The molecule has 2 fully saturated rings. The predicted molar refractivity (Wildman–Crippen MR) is 121 cm³/mol. The lowest BCUT2D eigenvalue weighted by molar-refractivity contribution is -0.140. The molecule has 2 aliphatic rings. The van der Waals surface area contributed by atoms with Crippen LogP contribution in [0.3, 0.4) is 0 Å². The van der Waals surface area contributed by atoms with E-state index in [0.29, 0.717) is 17.9 Å². The third-order valence-electron chi connectivity index (χ3n) is 6.29. The Hall–Kier alpha value is -3.19. The second-order valence-electron chi connectivity index (χ2n) is 8.72. The van der Waals surface area contributed by atoms with Crippen LogP contribution in [-0.2, 0) is 14.3 Å². The van der Waals surface area contributed by atoms with Crippen molar-refractivity contribution in [1.82, 2.24) is 4.90 Å². The highest BCUT2D eigenvalue weighted by Crippen LogP contribution is 2.41. The molecule has 2 atom stereocenters. The molecule has 2 aromatic rings. The van der Waals surface area contributed by atoms with Crippen LogP contribution in [0.4, 0.5) is 4.39 Å². The van der Waals surface area contributed by atoms with Gasteiger partial charge in [-0.25, -0.2) is 4.39 Å². The molecule has 1 amide bonds. The quantitative estimate of drug-likeness (QED) is 0.394. The number of rotatable bonds is 6. The molecule has 33 heavy (non-hydrogen) atoms. The molecule has 174 valence electrons. The van der Waals surface area contributed by atoms with Crippen LogP contribution in [-0.4, -0.2) is 48.1 Å². The van der Waals surface area contributed by atoms with Crippen LogP contribution in [0.25, 0.3) is 5.76 Å². The van der Waals surface area contributed by atoms with Crippen LogP contribution >= 0.6 is 0 Å². The zero-order valence-corrected chi connectivity index (χ0v) is 19.0. The number of hydrogen-bond donors (Lipinski definition) is 1. The summed E-state index contributed by atoms with van der Waals surface area (Å²) in [5, 5.41) is 11.3. The lowest BCUT2D eigenvalue weighted by atomic mass is 9.93. The van der Waals surface area contributed by atoms with Gasteiger partial charge in [-0.1, -0.05) is 32.0 Å². The Balaban J connectivity index is 1.86. The van der Waals surface area contributed by atoms with Gasteiger partial charge in [-0.3, -0.25) is 9.59 Å². The molecule has 2 aliphatic heterocycles. The molecule has 4 rings (SSSR count). The van der Waals surface area contributed by atoms with E-state index in [9.17, 15) is 19.1 Å². The van der Waals surface area contributed by atoms with Crippen molar-refractivity contribution in [3.8, 4) is 5.75 Å². The van der Waals surface area contributed by atoms with Gasteiger partial charge in [0.15, 0.2) is 0 Å². The molecule has 0 bridgehead atoms. The summed E-state index contributed by atoms with van der Waals surface area (Å²) in [6.45, 7) is 4.71. The fourth-order valence-corrected chi connectivity index (χ4v) is 4.58. The summed E-state index contributed by atoms with van der Waals surface area (Å²) in [7, 11) is 1.57. The summed E-state index contributed by atoms with van der Waals surface area (Å²) < 4.78 is 26.0. The first-order valence-electron chi connectivity index (χ1n) is 11.2. The van der Waals surface area contributed by atoms with Gasteiger partial charge >= 0.3 is 0 Å². The third kappa shape index (κ3) is 4.25.